The van der Waals surface area contributed by atoms with Crippen LogP contribution in [0, 0.1) is 0 Å². The second kappa shape index (κ2) is 7.19. The minimum atomic E-state index is -1.10. The van der Waals surface area contributed by atoms with Crippen LogP contribution in [-0.2, 0) is 17.8 Å². The van der Waals surface area contributed by atoms with Gasteiger partial charge in [-0.1, -0.05) is 37.8 Å². The molecule has 1 amide bonds. The molecule has 0 saturated heterocycles. The van der Waals surface area contributed by atoms with E-state index < -0.39 is 5.97 Å². The van der Waals surface area contributed by atoms with Crippen LogP contribution in [0.15, 0.2) is 0 Å². The maximum atomic E-state index is 12.1. The van der Waals surface area contributed by atoms with Gasteiger partial charge in [0, 0.05) is 6.04 Å². The molecule has 7 heteroatoms. The van der Waals surface area contributed by atoms with Crippen LogP contribution >= 0.6 is 0 Å². The summed E-state index contributed by atoms with van der Waals surface area (Å²) < 4.78 is 1.41. The molecule has 0 aliphatic heterocycles. The van der Waals surface area contributed by atoms with Crippen LogP contribution in [0.2, 0.25) is 0 Å². The molecule has 0 radical (unpaired) electrons. The highest BCUT2D eigenvalue weighted by atomic mass is 16.4. The third-order valence-electron chi connectivity index (χ3n) is 3.79. The molecule has 2 rings (SSSR count). The van der Waals surface area contributed by atoms with E-state index in [2.05, 4.69) is 15.6 Å². The number of aromatic nitrogens is 3. The first kappa shape index (κ1) is 15.5. The highest BCUT2D eigenvalue weighted by Gasteiger charge is 2.21. The van der Waals surface area contributed by atoms with Gasteiger partial charge < -0.3 is 10.4 Å². The third-order valence-corrected chi connectivity index (χ3v) is 3.79. The number of rotatable bonds is 6. The summed E-state index contributed by atoms with van der Waals surface area (Å²) in [6, 6.07) is 0.239. The molecule has 1 aromatic heterocycles. The van der Waals surface area contributed by atoms with Crippen molar-refractivity contribution in [2.45, 2.75) is 64.5 Å². The molecule has 2 N–H and O–H groups in total. The number of carboxylic acids is 1. The average molecular weight is 294 g/mol. The van der Waals surface area contributed by atoms with Gasteiger partial charge in [0.2, 0.25) is 5.91 Å². The summed E-state index contributed by atoms with van der Waals surface area (Å²) in [4.78, 5) is 23.2. The first-order chi connectivity index (χ1) is 10.1. The summed E-state index contributed by atoms with van der Waals surface area (Å²) in [5.74, 6) is -1.22. The highest BCUT2D eigenvalue weighted by molar-refractivity contribution is 5.86. The van der Waals surface area contributed by atoms with Crippen LogP contribution in [0.5, 0.6) is 0 Å². The Bertz CT molecular complexity index is 506. The summed E-state index contributed by atoms with van der Waals surface area (Å²) in [5.41, 5.74) is 0.464. The zero-order valence-corrected chi connectivity index (χ0v) is 12.3. The largest absolute Gasteiger partial charge is 0.476 e. The predicted molar refractivity (Wildman–Crippen MR) is 76.0 cm³/mol. The van der Waals surface area contributed by atoms with Crippen molar-refractivity contribution in [1.82, 2.24) is 20.3 Å². The molecule has 1 saturated carbocycles. The number of nitrogens with one attached hydrogen (secondary N) is 1. The molecular weight excluding hydrogens is 272 g/mol. The Hall–Kier alpha value is -1.92. The summed E-state index contributed by atoms with van der Waals surface area (Å²) in [6.45, 7) is 1.98. The van der Waals surface area contributed by atoms with Crippen molar-refractivity contribution in [3.8, 4) is 0 Å². The van der Waals surface area contributed by atoms with Crippen LogP contribution in [0.3, 0.4) is 0 Å². The minimum Gasteiger partial charge on any atom is -0.476 e. The zero-order chi connectivity index (χ0) is 15.2. The molecule has 21 heavy (non-hydrogen) atoms. The van der Waals surface area contributed by atoms with Gasteiger partial charge >= 0.3 is 5.97 Å². The number of aromatic carboxylic acids is 1. The fraction of sp³-hybridized carbons (Fsp3) is 0.714. The smallest absolute Gasteiger partial charge is 0.358 e. The number of amides is 1. The lowest BCUT2D eigenvalue weighted by molar-refractivity contribution is -0.122. The number of hydrogen-bond acceptors (Lipinski definition) is 4. The van der Waals surface area contributed by atoms with Crippen molar-refractivity contribution in [2.75, 3.05) is 0 Å². The van der Waals surface area contributed by atoms with Crippen LogP contribution in [-0.4, -0.2) is 38.0 Å². The van der Waals surface area contributed by atoms with E-state index in [4.69, 9.17) is 5.11 Å². The van der Waals surface area contributed by atoms with Crippen molar-refractivity contribution in [2.24, 2.45) is 0 Å². The molecule has 0 unspecified atom stereocenters. The van der Waals surface area contributed by atoms with Gasteiger partial charge in [0.1, 0.15) is 6.54 Å². The quantitative estimate of drug-likeness (QED) is 0.826. The molecule has 1 aromatic rings. The second-order valence-corrected chi connectivity index (χ2v) is 5.50. The van der Waals surface area contributed by atoms with Gasteiger partial charge in [0.05, 0.1) is 5.69 Å². The van der Waals surface area contributed by atoms with Gasteiger partial charge in [0.15, 0.2) is 5.69 Å². The second-order valence-electron chi connectivity index (χ2n) is 5.50. The lowest BCUT2D eigenvalue weighted by Crippen LogP contribution is -2.38. The molecule has 0 bridgehead atoms. The van der Waals surface area contributed by atoms with Crippen molar-refractivity contribution in [3.05, 3.63) is 11.4 Å². The van der Waals surface area contributed by atoms with Crippen molar-refractivity contribution < 1.29 is 14.7 Å². The Labute approximate surface area is 123 Å². The van der Waals surface area contributed by atoms with E-state index in [1.165, 1.54) is 11.1 Å². The molecular formula is C14H22N4O3. The van der Waals surface area contributed by atoms with Crippen molar-refractivity contribution >= 4 is 11.9 Å². The Morgan fingerprint density at radius 1 is 1.33 bits per heavy atom. The van der Waals surface area contributed by atoms with Crippen LogP contribution in [0.25, 0.3) is 0 Å². The Balaban J connectivity index is 2.00. The fourth-order valence-corrected chi connectivity index (χ4v) is 2.77. The molecule has 7 nitrogen and oxygen atoms in total. The molecule has 0 aromatic carbocycles. The van der Waals surface area contributed by atoms with E-state index in [-0.39, 0.29) is 24.2 Å². The van der Waals surface area contributed by atoms with E-state index in [0.29, 0.717) is 12.1 Å². The first-order valence-corrected chi connectivity index (χ1v) is 7.56. The van der Waals surface area contributed by atoms with Gasteiger partial charge in [-0.3, -0.25) is 4.79 Å². The van der Waals surface area contributed by atoms with Crippen LogP contribution in [0.1, 0.15) is 61.6 Å². The monoisotopic (exact) mass is 294 g/mol. The maximum Gasteiger partial charge on any atom is 0.358 e. The molecule has 0 atom stereocenters. The van der Waals surface area contributed by atoms with Gasteiger partial charge in [-0.15, -0.1) is 5.10 Å². The van der Waals surface area contributed by atoms with Gasteiger partial charge in [-0.05, 0) is 19.3 Å². The molecule has 1 aliphatic carbocycles. The molecule has 1 heterocycles. The normalized spacial score (nSPS) is 15.9. The maximum absolute atomic E-state index is 12.1. The summed E-state index contributed by atoms with van der Waals surface area (Å²) in [7, 11) is 0. The van der Waals surface area contributed by atoms with Crippen LogP contribution < -0.4 is 5.32 Å². The van der Waals surface area contributed by atoms with E-state index >= 15 is 0 Å². The SMILES string of the molecule is CCCc1c(C(=O)O)nnn1CC(=O)NC1CCCCC1. The summed E-state index contributed by atoms with van der Waals surface area (Å²) in [5, 5.41) is 19.6. The number of nitrogens with zero attached hydrogens (tertiary/aromatic N) is 3. The van der Waals surface area contributed by atoms with Gasteiger partial charge in [0.25, 0.3) is 0 Å². The van der Waals surface area contributed by atoms with E-state index in [9.17, 15) is 9.59 Å². The molecule has 1 fully saturated rings. The molecule has 0 spiro atoms. The lowest BCUT2D eigenvalue weighted by Gasteiger charge is -2.22. The standard InChI is InChI=1S/C14H22N4O3/c1-2-6-11-13(14(20)21)16-17-18(11)9-12(19)15-10-7-4-3-5-8-10/h10H,2-9H2,1H3,(H,15,19)(H,20,21). The average Bonchev–Trinajstić information content (AvgIpc) is 2.83. The lowest BCUT2D eigenvalue weighted by atomic mass is 9.95. The van der Waals surface area contributed by atoms with Crippen LogP contribution in [0.4, 0.5) is 0 Å². The first-order valence-electron chi connectivity index (χ1n) is 7.56. The third kappa shape index (κ3) is 4.03. The fourth-order valence-electron chi connectivity index (χ4n) is 2.77. The van der Waals surface area contributed by atoms with E-state index in [1.54, 1.807) is 0 Å². The number of hydrogen-bond donors (Lipinski definition) is 2. The number of carboxylic acid groups (broad SMARTS) is 1. The zero-order valence-electron chi connectivity index (χ0n) is 12.3. The van der Waals surface area contributed by atoms with E-state index in [0.717, 1.165) is 32.1 Å². The summed E-state index contributed by atoms with van der Waals surface area (Å²) in [6.07, 6.45) is 6.90. The molecule has 116 valence electrons. The Kier molecular flexibility index (Phi) is 5.30. The van der Waals surface area contributed by atoms with E-state index in [1.807, 2.05) is 6.92 Å². The summed E-state index contributed by atoms with van der Waals surface area (Å²) >= 11 is 0. The number of carbonyl (C=O) groups is 2. The van der Waals surface area contributed by atoms with Crippen molar-refractivity contribution in [3.63, 3.8) is 0 Å². The highest BCUT2D eigenvalue weighted by Crippen LogP contribution is 2.17. The van der Waals surface area contributed by atoms with Gasteiger partial charge in [-0.25, -0.2) is 9.48 Å². The molecule has 1 aliphatic rings. The Morgan fingerprint density at radius 3 is 2.67 bits per heavy atom. The minimum absolute atomic E-state index is 0.0338. The predicted octanol–water partition coefficient (Wildman–Crippen LogP) is 1.38. The topological polar surface area (TPSA) is 97.1 Å². The number of carbonyl (C=O) groups excluding carboxylic acids is 1. The van der Waals surface area contributed by atoms with Gasteiger partial charge in [-0.2, -0.15) is 0 Å². The Morgan fingerprint density at radius 2 is 2.05 bits per heavy atom. The van der Waals surface area contributed by atoms with Crippen molar-refractivity contribution in [1.29, 1.82) is 0 Å².